The normalized spacial score (nSPS) is 23.7. The van der Waals surface area contributed by atoms with E-state index in [1.54, 1.807) is 0 Å². The molecular formula is C16H18O3. The summed E-state index contributed by atoms with van der Waals surface area (Å²) >= 11 is 0. The van der Waals surface area contributed by atoms with Gasteiger partial charge in [-0.05, 0) is 24.8 Å². The zero-order valence-corrected chi connectivity index (χ0v) is 10.8. The molecular weight excluding hydrogens is 240 g/mol. The van der Waals surface area contributed by atoms with Gasteiger partial charge in [-0.1, -0.05) is 48.9 Å². The number of rotatable bonds is 4. The maximum absolute atomic E-state index is 12.0. The fourth-order valence-corrected chi connectivity index (χ4v) is 2.58. The lowest BCUT2D eigenvalue weighted by molar-refractivity contribution is -0.156. The minimum absolute atomic E-state index is 0.121. The van der Waals surface area contributed by atoms with E-state index in [0.29, 0.717) is 12.8 Å². The number of hydrogen-bond acceptors (Lipinski definition) is 2. The zero-order valence-electron chi connectivity index (χ0n) is 10.8. The Balaban J connectivity index is 2.12. The van der Waals surface area contributed by atoms with E-state index in [2.05, 4.69) is 0 Å². The van der Waals surface area contributed by atoms with Crippen LogP contribution in [0.15, 0.2) is 36.4 Å². The second-order valence-corrected chi connectivity index (χ2v) is 5.03. The van der Waals surface area contributed by atoms with Gasteiger partial charge in [-0.3, -0.25) is 9.59 Å². The van der Waals surface area contributed by atoms with Gasteiger partial charge >= 0.3 is 5.97 Å². The molecule has 0 saturated heterocycles. The number of aliphatic carboxylic acids is 1. The molecule has 0 spiro atoms. The Kier molecular flexibility index (Phi) is 4.15. The summed E-state index contributed by atoms with van der Waals surface area (Å²) in [4.78, 5) is 23.5. The van der Waals surface area contributed by atoms with Gasteiger partial charge in [-0.2, -0.15) is 0 Å². The molecule has 100 valence electrons. The fraction of sp³-hybridized carbons (Fsp3) is 0.375. The van der Waals surface area contributed by atoms with Gasteiger partial charge in [0.1, 0.15) is 11.2 Å². The molecule has 0 radical (unpaired) electrons. The number of Topliss-reactive ketones (excluding diaryl/α,β-unsaturated/α-hetero) is 1. The number of carbonyl (C=O) groups excluding carboxylic acids is 1. The molecule has 0 aromatic heterocycles. The van der Waals surface area contributed by atoms with E-state index in [1.165, 1.54) is 0 Å². The molecule has 1 fully saturated rings. The molecule has 3 heteroatoms. The molecule has 1 aromatic rings. The molecule has 0 heterocycles. The van der Waals surface area contributed by atoms with Crippen LogP contribution in [0.3, 0.4) is 0 Å². The molecule has 2 rings (SSSR count). The van der Waals surface area contributed by atoms with Crippen LogP contribution in [0.25, 0.3) is 6.08 Å². The predicted molar refractivity (Wildman–Crippen MR) is 73.6 cm³/mol. The molecule has 0 bridgehead atoms. The van der Waals surface area contributed by atoms with Crippen molar-refractivity contribution in [3.05, 3.63) is 42.0 Å². The molecule has 0 amide bonds. The van der Waals surface area contributed by atoms with Crippen LogP contribution in [0.1, 0.15) is 37.7 Å². The van der Waals surface area contributed by atoms with Gasteiger partial charge < -0.3 is 5.11 Å². The molecule has 0 aliphatic heterocycles. The summed E-state index contributed by atoms with van der Waals surface area (Å²) in [6.45, 7) is 0. The van der Waals surface area contributed by atoms with Crippen LogP contribution in [-0.2, 0) is 9.59 Å². The third-order valence-electron chi connectivity index (χ3n) is 3.78. The van der Waals surface area contributed by atoms with E-state index in [1.807, 2.05) is 42.5 Å². The zero-order chi connectivity index (χ0) is 13.7. The smallest absolute Gasteiger partial charge is 0.317 e. The second kappa shape index (κ2) is 5.83. The lowest BCUT2D eigenvalue weighted by Gasteiger charge is -2.30. The fourth-order valence-electron chi connectivity index (χ4n) is 2.58. The van der Waals surface area contributed by atoms with Crippen molar-refractivity contribution in [1.82, 2.24) is 0 Å². The van der Waals surface area contributed by atoms with E-state index < -0.39 is 11.4 Å². The quantitative estimate of drug-likeness (QED) is 0.843. The Morgan fingerprint density at radius 2 is 2.00 bits per heavy atom. The molecule has 1 aromatic carbocycles. The maximum Gasteiger partial charge on any atom is 0.317 e. The Morgan fingerprint density at radius 3 is 2.63 bits per heavy atom. The van der Waals surface area contributed by atoms with Crippen molar-refractivity contribution >= 4 is 17.8 Å². The first-order valence-electron chi connectivity index (χ1n) is 6.63. The Morgan fingerprint density at radius 1 is 1.26 bits per heavy atom. The number of hydrogen-bond donors (Lipinski definition) is 1. The summed E-state index contributed by atoms with van der Waals surface area (Å²) < 4.78 is 0. The van der Waals surface area contributed by atoms with Crippen LogP contribution in [0.2, 0.25) is 0 Å². The van der Waals surface area contributed by atoms with Crippen molar-refractivity contribution in [1.29, 1.82) is 0 Å². The van der Waals surface area contributed by atoms with Gasteiger partial charge in [0.05, 0.1) is 0 Å². The van der Waals surface area contributed by atoms with Crippen molar-refractivity contribution in [2.24, 2.45) is 5.41 Å². The highest BCUT2D eigenvalue weighted by Gasteiger charge is 2.45. The minimum Gasteiger partial charge on any atom is -0.480 e. The van der Waals surface area contributed by atoms with Crippen LogP contribution < -0.4 is 0 Å². The molecule has 1 atom stereocenters. The van der Waals surface area contributed by atoms with Crippen LogP contribution in [0.5, 0.6) is 0 Å². The summed E-state index contributed by atoms with van der Waals surface area (Å²) in [5.41, 5.74) is -0.171. The van der Waals surface area contributed by atoms with E-state index in [-0.39, 0.29) is 12.2 Å². The molecule has 0 unspecified atom stereocenters. The third-order valence-corrected chi connectivity index (χ3v) is 3.78. The lowest BCUT2D eigenvalue weighted by Crippen LogP contribution is -2.41. The molecule has 19 heavy (non-hydrogen) atoms. The summed E-state index contributed by atoms with van der Waals surface area (Å²) in [6.07, 6.45) is 6.47. The average Bonchev–Trinajstić information content (AvgIpc) is 2.42. The molecule has 1 N–H and O–H groups in total. The number of carbonyl (C=O) groups is 2. The predicted octanol–water partition coefficient (Wildman–Crippen LogP) is 3.30. The van der Waals surface area contributed by atoms with E-state index >= 15 is 0 Å². The van der Waals surface area contributed by atoms with Gasteiger partial charge in [0.2, 0.25) is 0 Å². The summed E-state index contributed by atoms with van der Waals surface area (Å²) in [6, 6.07) is 9.69. The van der Waals surface area contributed by atoms with Crippen LogP contribution in [0, 0.1) is 5.41 Å². The van der Waals surface area contributed by atoms with Crippen LogP contribution >= 0.6 is 0 Å². The van der Waals surface area contributed by atoms with Crippen molar-refractivity contribution in [3.63, 3.8) is 0 Å². The number of ketones is 1. The van der Waals surface area contributed by atoms with Crippen molar-refractivity contribution in [2.45, 2.75) is 32.1 Å². The largest absolute Gasteiger partial charge is 0.480 e. The summed E-state index contributed by atoms with van der Waals surface area (Å²) in [7, 11) is 0. The first-order chi connectivity index (χ1) is 9.15. The summed E-state index contributed by atoms with van der Waals surface area (Å²) in [5, 5.41) is 9.40. The lowest BCUT2D eigenvalue weighted by atomic mass is 9.70. The monoisotopic (exact) mass is 258 g/mol. The topological polar surface area (TPSA) is 54.4 Å². The molecule has 3 nitrogen and oxygen atoms in total. The molecule has 1 aliphatic carbocycles. The van der Waals surface area contributed by atoms with Crippen molar-refractivity contribution in [3.8, 4) is 0 Å². The average molecular weight is 258 g/mol. The van der Waals surface area contributed by atoms with Gasteiger partial charge in [-0.15, -0.1) is 0 Å². The maximum atomic E-state index is 12.0. The van der Waals surface area contributed by atoms with Gasteiger partial charge in [0.25, 0.3) is 0 Å². The Bertz CT molecular complexity index is 490. The first kappa shape index (κ1) is 13.5. The Hall–Kier alpha value is -1.90. The third kappa shape index (κ3) is 2.92. The number of allylic oxidation sites excluding steroid dienone is 1. The highest BCUT2D eigenvalue weighted by atomic mass is 16.4. The van der Waals surface area contributed by atoms with Gasteiger partial charge in [-0.25, -0.2) is 0 Å². The Labute approximate surface area is 113 Å². The second-order valence-electron chi connectivity index (χ2n) is 5.03. The molecule has 1 saturated carbocycles. The highest BCUT2D eigenvalue weighted by Crippen LogP contribution is 2.37. The van der Waals surface area contributed by atoms with Gasteiger partial charge in [0.15, 0.2) is 0 Å². The standard InChI is InChI=1S/C16H18O3/c17-14-10-4-5-11-16(14,15(18)19)12-6-9-13-7-2-1-3-8-13/h1-3,6-9H,4-5,10-12H2,(H,18,19)/t16-/m0/s1. The highest BCUT2D eigenvalue weighted by molar-refractivity contribution is 6.03. The number of carboxylic acids is 1. The SMILES string of the molecule is O=C(O)[C@]1(CC=Cc2ccccc2)CCCCC1=O. The number of carboxylic acid groups (broad SMARTS) is 1. The van der Waals surface area contributed by atoms with E-state index in [4.69, 9.17) is 0 Å². The minimum atomic E-state index is -1.19. The van der Waals surface area contributed by atoms with Crippen LogP contribution in [-0.4, -0.2) is 16.9 Å². The number of benzene rings is 1. The van der Waals surface area contributed by atoms with Gasteiger partial charge in [0, 0.05) is 6.42 Å². The summed E-state index contributed by atoms with van der Waals surface area (Å²) in [5.74, 6) is -1.10. The van der Waals surface area contributed by atoms with Crippen molar-refractivity contribution < 1.29 is 14.7 Å². The molecule has 1 aliphatic rings. The van der Waals surface area contributed by atoms with E-state index in [0.717, 1.165) is 18.4 Å². The first-order valence-corrected chi connectivity index (χ1v) is 6.63. The van der Waals surface area contributed by atoms with E-state index in [9.17, 15) is 14.7 Å². The van der Waals surface area contributed by atoms with Crippen LogP contribution in [0.4, 0.5) is 0 Å². The van der Waals surface area contributed by atoms with Crippen molar-refractivity contribution in [2.75, 3.05) is 0 Å².